The van der Waals surface area contributed by atoms with Crippen LogP contribution in [0.5, 0.6) is 0 Å². The van der Waals surface area contributed by atoms with Gasteiger partial charge in [-0.2, -0.15) is 0 Å². The highest BCUT2D eigenvalue weighted by Gasteiger charge is 2.18. The third-order valence-corrected chi connectivity index (χ3v) is 10.1. The maximum Gasteiger partial charge on any atom is 0.162 e. The number of aromatic nitrogens is 3. The first-order chi connectivity index (χ1) is 25.2. The Balaban J connectivity index is 1.18. The number of halogens is 1. The third-order valence-electron chi connectivity index (χ3n) is 9.66. The lowest BCUT2D eigenvalue weighted by molar-refractivity contribution is 0.669. The van der Waals surface area contributed by atoms with Gasteiger partial charge in [0.05, 0.1) is 16.7 Å². The van der Waals surface area contributed by atoms with Crippen LogP contribution in [0.3, 0.4) is 0 Å². The number of hydrogen-bond acceptors (Lipinski definition) is 3. The molecule has 0 saturated heterocycles. The van der Waals surface area contributed by atoms with E-state index in [0.717, 1.165) is 71.2 Å². The maximum atomic E-state index is 6.13. The summed E-state index contributed by atoms with van der Waals surface area (Å²) in [6.07, 6.45) is 0. The van der Waals surface area contributed by atoms with E-state index in [1.807, 2.05) is 30.3 Å². The van der Waals surface area contributed by atoms with Gasteiger partial charge in [-0.15, -0.1) is 0 Å². The highest BCUT2D eigenvalue weighted by atomic mass is 79.9. The molecule has 3 aromatic heterocycles. The fourth-order valence-corrected chi connectivity index (χ4v) is 7.75. The number of fused-ring (bicyclic) bond motifs is 6. The van der Waals surface area contributed by atoms with Crippen LogP contribution in [0.25, 0.3) is 94.5 Å². The van der Waals surface area contributed by atoms with Crippen molar-refractivity contribution in [2.45, 2.75) is 0 Å². The molecule has 51 heavy (non-hydrogen) atoms. The van der Waals surface area contributed by atoms with Crippen molar-refractivity contribution in [1.82, 2.24) is 14.5 Å². The summed E-state index contributed by atoms with van der Waals surface area (Å²) in [5, 5.41) is 4.57. The molecule has 240 valence electrons. The van der Waals surface area contributed by atoms with Crippen LogP contribution in [-0.4, -0.2) is 14.5 Å². The topological polar surface area (TPSA) is 43.9 Å². The van der Waals surface area contributed by atoms with E-state index in [0.29, 0.717) is 5.82 Å². The monoisotopic (exact) mass is 717 g/mol. The Morgan fingerprint density at radius 3 is 1.88 bits per heavy atom. The van der Waals surface area contributed by atoms with E-state index in [2.05, 4.69) is 160 Å². The summed E-state index contributed by atoms with van der Waals surface area (Å²) in [7, 11) is 0. The molecule has 0 spiro atoms. The van der Waals surface area contributed by atoms with Crippen molar-refractivity contribution in [2.75, 3.05) is 0 Å². The zero-order valence-corrected chi connectivity index (χ0v) is 28.9. The van der Waals surface area contributed by atoms with Crippen LogP contribution in [0.15, 0.2) is 179 Å². The quantitative estimate of drug-likeness (QED) is 0.178. The summed E-state index contributed by atoms with van der Waals surface area (Å²) in [5.41, 5.74) is 11.3. The molecule has 4 nitrogen and oxygen atoms in total. The van der Waals surface area contributed by atoms with E-state index in [1.165, 1.54) is 21.9 Å². The minimum absolute atomic E-state index is 0.669. The fourth-order valence-electron chi connectivity index (χ4n) is 7.25. The number of benzene rings is 7. The SMILES string of the molecule is Brc1cc(-c2ccc3oc4ccccc4c3c2)cc(-c2cc(-n3c4ccccc4c4cc(-c5ccccc5)ccc43)nc(-c3ccccc3)n2)c1. The Labute approximate surface area is 302 Å². The Morgan fingerprint density at radius 1 is 0.412 bits per heavy atom. The number of nitrogens with zero attached hydrogens (tertiary/aromatic N) is 3. The maximum absolute atomic E-state index is 6.13. The predicted octanol–water partition coefficient (Wildman–Crippen LogP) is 12.9. The summed E-state index contributed by atoms with van der Waals surface area (Å²) in [4.78, 5) is 10.4. The van der Waals surface area contributed by atoms with Gasteiger partial charge in [-0.25, -0.2) is 9.97 Å². The first kappa shape index (κ1) is 29.6. The zero-order chi connectivity index (χ0) is 33.9. The van der Waals surface area contributed by atoms with Crippen molar-refractivity contribution >= 4 is 59.7 Å². The van der Waals surface area contributed by atoms with Crippen LogP contribution in [0, 0.1) is 0 Å². The van der Waals surface area contributed by atoms with Gasteiger partial charge in [0.1, 0.15) is 17.0 Å². The Kier molecular flexibility index (Phi) is 6.93. The second kappa shape index (κ2) is 11.9. The van der Waals surface area contributed by atoms with Crippen molar-refractivity contribution in [2.24, 2.45) is 0 Å². The standard InChI is InChI=1S/C46H28BrN3O/c47-35-24-33(32-20-22-44-39(27-32)37-16-8-10-18-43(37)51-44)23-34(25-35)40-28-45(49-46(48-40)30-13-5-2-6-14-30)50-41-17-9-7-15-36(41)38-26-31(19-21-42(38)50)29-11-3-1-4-12-29/h1-28H. The summed E-state index contributed by atoms with van der Waals surface area (Å²) in [6.45, 7) is 0. The molecular formula is C46H28BrN3O. The molecule has 0 aliphatic carbocycles. The van der Waals surface area contributed by atoms with Gasteiger partial charge in [0, 0.05) is 43.2 Å². The zero-order valence-electron chi connectivity index (χ0n) is 27.3. The van der Waals surface area contributed by atoms with Crippen LogP contribution >= 0.6 is 15.9 Å². The summed E-state index contributed by atoms with van der Waals surface area (Å²) < 4.78 is 9.37. The Morgan fingerprint density at radius 2 is 1.04 bits per heavy atom. The second-order valence-corrected chi connectivity index (χ2v) is 13.7. The van der Waals surface area contributed by atoms with Crippen LogP contribution in [0.1, 0.15) is 0 Å². The molecule has 0 fully saturated rings. The van der Waals surface area contributed by atoms with Crippen molar-refractivity contribution in [3.8, 4) is 50.7 Å². The van der Waals surface area contributed by atoms with Crippen molar-refractivity contribution in [3.63, 3.8) is 0 Å². The first-order valence-electron chi connectivity index (χ1n) is 16.9. The molecule has 0 amide bonds. The van der Waals surface area contributed by atoms with Gasteiger partial charge in [0.15, 0.2) is 5.82 Å². The lowest BCUT2D eigenvalue weighted by Crippen LogP contribution is -2.02. The molecule has 5 heteroatoms. The Bertz CT molecular complexity index is 2930. The van der Waals surface area contributed by atoms with Gasteiger partial charge >= 0.3 is 0 Å². The number of rotatable bonds is 5. The highest BCUT2D eigenvalue weighted by molar-refractivity contribution is 9.10. The lowest BCUT2D eigenvalue weighted by atomic mass is 9.99. The number of hydrogen-bond donors (Lipinski definition) is 0. The van der Waals surface area contributed by atoms with E-state index >= 15 is 0 Å². The molecule has 0 aliphatic heterocycles. The van der Waals surface area contributed by atoms with Gasteiger partial charge in [-0.1, -0.05) is 125 Å². The molecule has 7 aromatic carbocycles. The average Bonchev–Trinajstić information content (AvgIpc) is 3.73. The summed E-state index contributed by atoms with van der Waals surface area (Å²) in [5.74, 6) is 1.48. The summed E-state index contributed by atoms with van der Waals surface area (Å²) >= 11 is 3.83. The van der Waals surface area contributed by atoms with E-state index < -0.39 is 0 Å². The number of para-hydroxylation sites is 2. The van der Waals surface area contributed by atoms with E-state index in [-0.39, 0.29) is 0 Å². The molecule has 0 saturated carbocycles. The molecular weight excluding hydrogens is 690 g/mol. The van der Waals surface area contributed by atoms with E-state index in [9.17, 15) is 0 Å². The predicted molar refractivity (Wildman–Crippen MR) is 213 cm³/mol. The van der Waals surface area contributed by atoms with E-state index in [4.69, 9.17) is 14.4 Å². The van der Waals surface area contributed by atoms with Crippen LogP contribution in [-0.2, 0) is 0 Å². The molecule has 3 heterocycles. The second-order valence-electron chi connectivity index (χ2n) is 12.8. The largest absolute Gasteiger partial charge is 0.456 e. The average molecular weight is 719 g/mol. The molecule has 10 rings (SSSR count). The van der Waals surface area contributed by atoms with Gasteiger partial charge in [-0.3, -0.25) is 4.57 Å². The van der Waals surface area contributed by atoms with Crippen molar-refractivity contribution in [3.05, 3.63) is 174 Å². The molecule has 0 aliphatic rings. The molecule has 0 bridgehead atoms. The number of furan rings is 1. The van der Waals surface area contributed by atoms with Gasteiger partial charge < -0.3 is 4.42 Å². The molecule has 10 aromatic rings. The molecule has 0 unspecified atom stereocenters. The first-order valence-corrected chi connectivity index (χ1v) is 17.7. The lowest BCUT2D eigenvalue weighted by Gasteiger charge is -2.13. The fraction of sp³-hybridized carbons (Fsp3) is 0. The molecule has 0 N–H and O–H groups in total. The smallest absolute Gasteiger partial charge is 0.162 e. The molecule has 0 atom stereocenters. The van der Waals surface area contributed by atoms with Crippen molar-refractivity contribution < 1.29 is 4.42 Å². The highest BCUT2D eigenvalue weighted by Crippen LogP contribution is 2.38. The van der Waals surface area contributed by atoms with Crippen LogP contribution in [0.2, 0.25) is 0 Å². The normalized spacial score (nSPS) is 11.6. The van der Waals surface area contributed by atoms with Gasteiger partial charge in [0.2, 0.25) is 0 Å². The third kappa shape index (κ3) is 5.13. The molecule has 0 radical (unpaired) electrons. The van der Waals surface area contributed by atoms with Crippen LogP contribution < -0.4 is 0 Å². The minimum atomic E-state index is 0.669. The minimum Gasteiger partial charge on any atom is -0.456 e. The van der Waals surface area contributed by atoms with Gasteiger partial charge in [0.25, 0.3) is 0 Å². The Hall–Kier alpha value is -6.30. The van der Waals surface area contributed by atoms with Crippen molar-refractivity contribution in [1.29, 1.82) is 0 Å². The van der Waals surface area contributed by atoms with Gasteiger partial charge in [-0.05, 0) is 76.9 Å². The van der Waals surface area contributed by atoms with Crippen LogP contribution in [0.4, 0.5) is 0 Å². The summed E-state index contributed by atoms with van der Waals surface area (Å²) in [6, 6.07) is 59.3. The van der Waals surface area contributed by atoms with E-state index in [1.54, 1.807) is 0 Å².